The van der Waals surface area contributed by atoms with Crippen molar-refractivity contribution in [2.75, 3.05) is 13.7 Å². The molecule has 0 aliphatic heterocycles. The maximum Gasteiger partial charge on any atom is 0.280 e. The minimum absolute atomic E-state index is 0.283. The number of ether oxygens (including phenoxy) is 1. The molecule has 1 amide bonds. The van der Waals surface area contributed by atoms with Gasteiger partial charge in [0.15, 0.2) is 4.80 Å². The van der Waals surface area contributed by atoms with Gasteiger partial charge in [-0.05, 0) is 36.8 Å². The Morgan fingerprint density at radius 1 is 1.25 bits per heavy atom. The zero-order valence-electron chi connectivity index (χ0n) is 13.5. The van der Waals surface area contributed by atoms with E-state index in [1.807, 2.05) is 28.8 Å². The second-order valence-electron chi connectivity index (χ2n) is 5.33. The van der Waals surface area contributed by atoms with E-state index in [0.29, 0.717) is 23.5 Å². The fraction of sp³-hybridized carbons (Fsp3) is 0.222. The largest absolute Gasteiger partial charge is 0.383 e. The minimum atomic E-state index is -0.440. The van der Waals surface area contributed by atoms with Crippen molar-refractivity contribution in [1.82, 2.24) is 4.57 Å². The van der Waals surface area contributed by atoms with E-state index in [0.717, 1.165) is 10.2 Å². The standard InChI is InChI=1S/C18H17FN2O2S/c1-12-13(6-5-7-14(12)19)17(22)20-18-21(10-11-23-2)15-8-3-4-9-16(15)24-18/h3-9H,10-11H2,1-2H3/b20-18-. The van der Waals surface area contributed by atoms with Gasteiger partial charge < -0.3 is 9.30 Å². The Morgan fingerprint density at radius 2 is 2.04 bits per heavy atom. The summed E-state index contributed by atoms with van der Waals surface area (Å²) in [7, 11) is 1.63. The predicted octanol–water partition coefficient (Wildman–Crippen LogP) is 3.54. The number of carbonyl (C=O) groups is 1. The quantitative estimate of drug-likeness (QED) is 0.727. The van der Waals surface area contributed by atoms with Crippen molar-refractivity contribution in [2.24, 2.45) is 4.99 Å². The molecule has 0 saturated carbocycles. The second kappa shape index (κ2) is 7.07. The van der Waals surface area contributed by atoms with Crippen molar-refractivity contribution >= 4 is 27.5 Å². The Bertz CT molecular complexity index is 959. The molecule has 3 rings (SSSR count). The van der Waals surface area contributed by atoms with Crippen LogP contribution < -0.4 is 4.80 Å². The van der Waals surface area contributed by atoms with E-state index in [1.165, 1.54) is 23.5 Å². The van der Waals surface area contributed by atoms with Gasteiger partial charge in [0.25, 0.3) is 5.91 Å². The first-order chi connectivity index (χ1) is 11.6. The van der Waals surface area contributed by atoms with Crippen molar-refractivity contribution in [3.05, 3.63) is 64.2 Å². The Hall–Kier alpha value is -2.31. The molecule has 4 nitrogen and oxygen atoms in total. The van der Waals surface area contributed by atoms with Crippen LogP contribution in [-0.4, -0.2) is 24.2 Å². The molecule has 6 heteroatoms. The van der Waals surface area contributed by atoms with Crippen LogP contribution in [0.4, 0.5) is 4.39 Å². The van der Waals surface area contributed by atoms with Crippen LogP contribution in [0.5, 0.6) is 0 Å². The van der Waals surface area contributed by atoms with E-state index in [9.17, 15) is 9.18 Å². The summed E-state index contributed by atoms with van der Waals surface area (Å²) in [5, 5.41) is 0. The minimum Gasteiger partial charge on any atom is -0.383 e. The molecule has 1 aromatic heterocycles. The first kappa shape index (κ1) is 16.5. The highest BCUT2D eigenvalue weighted by Crippen LogP contribution is 2.17. The number of carbonyl (C=O) groups excluding carboxylic acids is 1. The molecular weight excluding hydrogens is 327 g/mol. The predicted molar refractivity (Wildman–Crippen MR) is 92.7 cm³/mol. The third-order valence-electron chi connectivity index (χ3n) is 3.80. The highest BCUT2D eigenvalue weighted by atomic mass is 32.1. The molecule has 0 N–H and O–H groups in total. The second-order valence-corrected chi connectivity index (χ2v) is 6.34. The Morgan fingerprint density at radius 3 is 2.83 bits per heavy atom. The van der Waals surface area contributed by atoms with Gasteiger partial charge in [-0.1, -0.05) is 29.5 Å². The summed E-state index contributed by atoms with van der Waals surface area (Å²) >= 11 is 1.43. The van der Waals surface area contributed by atoms with Crippen LogP contribution in [0, 0.1) is 12.7 Å². The molecule has 0 spiro atoms. The normalized spacial score (nSPS) is 12.0. The lowest BCUT2D eigenvalue weighted by molar-refractivity contribution is 0.0996. The average molecular weight is 344 g/mol. The zero-order chi connectivity index (χ0) is 17.1. The van der Waals surface area contributed by atoms with Gasteiger partial charge in [-0.3, -0.25) is 4.79 Å². The Labute approximate surface area is 142 Å². The van der Waals surface area contributed by atoms with Crippen molar-refractivity contribution in [1.29, 1.82) is 0 Å². The van der Waals surface area contributed by atoms with Gasteiger partial charge in [-0.25, -0.2) is 4.39 Å². The van der Waals surface area contributed by atoms with E-state index in [-0.39, 0.29) is 5.56 Å². The van der Waals surface area contributed by atoms with Gasteiger partial charge in [0.2, 0.25) is 0 Å². The van der Waals surface area contributed by atoms with Crippen molar-refractivity contribution in [3.8, 4) is 0 Å². The zero-order valence-corrected chi connectivity index (χ0v) is 14.3. The molecule has 0 unspecified atom stereocenters. The number of thiazole rings is 1. The van der Waals surface area contributed by atoms with Crippen LogP contribution >= 0.6 is 11.3 Å². The number of hydrogen-bond donors (Lipinski definition) is 0. The van der Waals surface area contributed by atoms with E-state index in [1.54, 1.807) is 20.1 Å². The molecule has 0 aliphatic rings. The highest BCUT2D eigenvalue weighted by Gasteiger charge is 2.12. The third-order valence-corrected chi connectivity index (χ3v) is 4.86. The molecular formula is C18H17FN2O2S. The molecule has 3 aromatic rings. The van der Waals surface area contributed by atoms with Gasteiger partial charge in [0.05, 0.1) is 16.8 Å². The van der Waals surface area contributed by atoms with Crippen molar-refractivity contribution in [3.63, 3.8) is 0 Å². The Kier molecular flexibility index (Phi) is 4.87. The molecule has 2 aromatic carbocycles. The number of methoxy groups -OCH3 is 1. The first-order valence-corrected chi connectivity index (χ1v) is 8.35. The summed E-state index contributed by atoms with van der Waals surface area (Å²) in [6.07, 6.45) is 0. The maximum atomic E-state index is 13.7. The third kappa shape index (κ3) is 3.16. The van der Waals surface area contributed by atoms with Crippen molar-refractivity contribution in [2.45, 2.75) is 13.5 Å². The number of aromatic nitrogens is 1. The number of halogens is 1. The summed E-state index contributed by atoms with van der Waals surface area (Å²) in [4.78, 5) is 17.3. The molecule has 0 bridgehead atoms. The van der Waals surface area contributed by atoms with E-state index in [4.69, 9.17) is 4.74 Å². The fourth-order valence-electron chi connectivity index (χ4n) is 2.49. The van der Waals surface area contributed by atoms with Gasteiger partial charge in [0.1, 0.15) is 5.82 Å². The summed E-state index contributed by atoms with van der Waals surface area (Å²) in [5.41, 5.74) is 1.60. The number of rotatable bonds is 4. The summed E-state index contributed by atoms with van der Waals surface area (Å²) < 4.78 is 21.8. The van der Waals surface area contributed by atoms with Gasteiger partial charge >= 0.3 is 0 Å². The Balaban J connectivity index is 2.12. The first-order valence-electron chi connectivity index (χ1n) is 7.53. The fourth-order valence-corrected chi connectivity index (χ4v) is 3.55. The molecule has 0 radical (unpaired) electrons. The van der Waals surface area contributed by atoms with E-state index < -0.39 is 11.7 Å². The summed E-state index contributed by atoms with van der Waals surface area (Å²) in [6.45, 7) is 2.69. The lowest BCUT2D eigenvalue weighted by Crippen LogP contribution is -2.19. The van der Waals surface area contributed by atoms with Crippen LogP contribution in [0.1, 0.15) is 15.9 Å². The number of nitrogens with zero attached hydrogens (tertiary/aromatic N) is 2. The van der Waals surface area contributed by atoms with Crippen LogP contribution in [0.25, 0.3) is 10.2 Å². The number of hydrogen-bond acceptors (Lipinski definition) is 3. The van der Waals surface area contributed by atoms with E-state index in [2.05, 4.69) is 4.99 Å². The smallest absolute Gasteiger partial charge is 0.280 e. The number of fused-ring (bicyclic) bond motifs is 1. The molecule has 0 aliphatic carbocycles. The van der Waals surface area contributed by atoms with Crippen molar-refractivity contribution < 1.29 is 13.9 Å². The molecule has 24 heavy (non-hydrogen) atoms. The topological polar surface area (TPSA) is 43.6 Å². The summed E-state index contributed by atoms with van der Waals surface area (Å²) in [5.74, 6) is -0.843. The number of amides is 1. The lowest BCUT2D eigenvalue weighted by Gasteiger charge is -2.04. The molecule has 1 heterocycles. The average Bonchev–Trinajstić information content (AvgIpc) is 2.92. The van der Waals surface area contributed by atoms with Gasteiger partial charge in [0, 0.05) is 19.2 Å². The number of benzene rings is 2. The molecule has 0 fully saturated rings. The maximum absolute atomic E-state index is 13.7. The van der Waals surface area contributed by atoms with Gasteiger partial charge in [-0.2, -0.15) is 4.99 Å². The van der Waals surface area contributed by atoms with Gasteiger partial charge in [-0.15, -0.1) is 0 Å². The summed E-state index contributed by atoms with van der Waals surface area (Å²) in [6, 6.07) is 12.3. The molecule has 0 atom stereocenters. The van der Waals surface area contributed by atoms with Crippen LogP contribution in [0.15, 0.2) is 47.5 Å². The van der Waals surface area contributed by atoms with Crippen LogP contribution in [-0.2, 0) is 11.3 Å². The molecule has 124 valence electrons. The molecule has 0 saturated heterocycles. The SMILES string of the molecule is COCCn1/c(=N/C(=O)c2cccc(F)c2C)sc2ccccc21. The van der Waals surface area contributed by atoms with Crippen LogP contribution in [0.2, 0.25) is 0 Å². The van der Waals surface area contributed by atoms with E-state index >= 15 is 0 Å². The highest BCUT2D eigenvalue weighted by molar-refractivity contribution is 7.16. The monoisotopic (exact) mass is 344 g/mol. The lowest BCUT2D eigenvalue weighted by atomic mass is 10.1. The van der Waals surface area contributed by atoms with Crippen LogP contribution in [0.3, 0.4) is 0 Å². The number of para-hydroxylation sites is 1.